The van der Waals surface area contributed by atoms with Crippen LogP contribution in [0.4, 0.5) is 17.1 Å². The second-order valence-corrected chi connectivity index (χ2v) is 8.43. The summed E-state index contributed by atoms with van der Waals surface area (Å²) in [5.74, 6) is 0.554. The monoisotopic (exact) mass is 467 g/mol. The molecule has 0 N–H and O–H groups in total. The van der Waals surface area contributed by atoms with E-state index in [-0.39, 0.29) is 17.3 Å². The molecule has 4 rings (SSSR count). The van der Waals surface area contributed by atoms with Crippen molar-refractivity contribution in [1.29, 1.82) is 0 Å². The molecule has 0 radical (unpaired) electrons. The lowest BCUT2D eigenvalue weighted by Gasteiger charge is -2.13. The third kappa shape index (κ3) is 4.03. The molecule has 1 aromatic heterocycles. The van der Waals surface area contributed by atoms with Crippen molar-refractivity contribution in [2.24, 2.45) is 0 Å². The van der Waals surface area contributed by atoms with Crippen LogP contribution in [-0.4, -0.2) is 20.1 Å². The normalized spacial score (nSPS) is 14.9. The summed E-state index contributed by atoms with van der Waals surface area (Å²) in [6.45, 7) is 1.65. The molecule has 11 heteroatoms. The van der Waals surface area contributed by atoms with E-state index in [1.54, 1.807) is 37.3 Å². The fraction of sp³-hybridized carbons (Fsp3) is 0.0476. The lowest BCUT2D eigenvalue weighted by Crippen LogP contribution is -2.27. The van der Waals surface area contributed by atoms with Gasteiger partial charge in [-0.3, -0.25) is 29.9 Å². The van der Waals surface area contributed by atoms with Crippen molar-refractivity contribution in [2.75, 3.05) is 4.90 Å². The summed E-state index contributed by atoms with van der Waals surface area (Å²) in [5.41, 5.74) is 1.55. The fourth-order valence-electron chi connectivity index (χ4n) is 3.14. The first-order valence-electron chi connectivity index (χ1n) is 9.12. The van der Waals surface area contributed by atoms with Gasteiger partial charge in [-0.1, -0.05) is 24.0 Å². The zero-order valence-corrected chi connectivity index (χ0v) is 18.0. The van der Waals surface area contributed by atoms with Crippen LogP contribution in [0.15, 0.2) is 63.9 Å². The number of anilines is 1. The Morgan fingerprint density at radius 2 is 1.75 bits per heavy atom. The van der Waals surface area contributed by atoms with Gasteiger partial charge in [0.1, 0.15) is 11.5 Å². The van der Waals surface area contributed by atoms with E-state index in [4.69, 9.17) is 16.6 Å². The number of hydrogen-bond donors (Lipinski definition) is 0. The van der Waals surface area contributed by atoms with Crippen molar-refractivity contribution < 1.29 is 19.1 Å². The Labute approximate surface area is 190 Å². The van der Waals surface area contributed by atoms with Gasteiger partial charge < -0.3 is 4.42 Å². The molecule has 0 atom stereocenters. The lowest BCUT2D eigenvalue weighted by molar-refractivity contribution is -0.385. The second-order valence-electron chi connectivity index (χ2n) is 6.75. The average molecular weight is 467 g/mol. The van der Waals surface area contributed by atoms with Crippen LogP contribution < -0.4 is 4.90 Å². The van der Waals surface area contributed by atoms with E-state index < -0.39 is 9.85 Å². The van der Waals surface area contributed by atoms with Gasteiger partial charge in [-0.25, -0.2) is 0 Å². The molecule has 1 saturated heterocycles. The summed E-state index contributed by atoms with van der Waals surface area (Å²) in [5, 5.41) is 21.8. The molecule has 32 heavy (non-hydrogen) atoms. The highest BCUT2D eigenvalue weighted by atomic mass is 32.2. The van der Waals surface area contributed by atoms with Crippen molar-refractivity contribution >= 4 is 57.3 Å². The van der Waals surface area contributed by atoms with E-state index in [1.807, 2.05) is 0 Å². The van der Waals surface area contributed by atoms with Crippen LogP contribution >= 0.6 is 24.0 Å². The third-order valence-electron chi connectivity index (χ3n) is 4.69. The summed E-state index contributed by atoms with van der Waals surface area (Å²) in [7, 11) is 0. The van der Waals surface area contributed by atoms with Gasteiger partial charge in [0.2, 0.25) is 0 Å². The lowest BCUT2D eigenvalue weighted by atomic mass is 10.1. The van der Waals surface area contributed by atoms with E-state index in [9.17, 15) is 25.0 Å². The third-order valence-corrected chi connectivity index (χ3v) is 5.99. The number of thioether (sulfide) groups is 1. The molecule has 3 aromatic rings. The molecular weight excluding hydrogens is 454 g/mol. The van der Waals surface area contributed by atoms with Crippen molar-refractivity contribution in [3.8, 4) is 11.3 Å². The van der Waals surface area contributed by atoms with Crippen LogP contribution in [0.25, 0.3) is 17.4 Å². The number of thiocarbonyl (C=S) groups is 1. The van der Waals surface area contributed by atoms with E-state index in [0.29, 0.717) is 37.6 Å². The minimum Gasteiger partial charge on any atom is -0.457 e. The number of non-ortho nitro benzene ring substituents is 1. The van der Waals surface area contributed by atoms with Crippen molar-refractivity contribution in [3.63, 3.8) is 0 Å². The smallest absolute Gasteiger partial charge is 0.272 e. The first-order chi connectivity index (χ1) is 15.2. The zero-order chi connectivity index (χ0) is 23.0. The molecule has 0 spiro atoms. The van der Waals surface area contributed by atoms with Gasteiger partial charge in [0.25, 0.3) is 17.3 Å². The summed E-state index contributed by atoms with van der Waals surface area (Å²) in [6.07, 6.45) is 1.56. The maximum atomic E-state index is 12.9. The number of amides is 1. The molecule has 1 aliphatic heterocycles. The first kappa shape index (κ1) is 21.4. The van der Waals surface area contributed by atoms with E-state index in [2.05, 4.69) is 0 Å². The van der Waals surface area contributed by atoms with Crippen LogP contribution in [0.1, 0.15) is 11.3 Å². The van der Waals surface area contributed by atoms with Gasteiger partial charge >= 0.3 is 0 Å². The van der Waals surface area contributed by atoms with E-state index in [0.717, 1.165) is 11.8 Å². The van der Waals surface area contributed by atoms with Gasteiger partial charge in [-0.15, -0.1) is 0 Å². The highest BCUT2D eigenvalue weighted by Gasteiger charge is 2.33. The average Bonchev–Trinajstić information content (AvgIpc) is 3.32. The van der Waals surface area contributed by atoms with E-state index >= 15 is 0 Å². The Bertz CT molecular complexity index is 1310. The number of nitrogens with zero attached hydrogens (tertiary/aromatic N) is 3. The molecule has 0 unspecified atom stereocenters. The summed E-state index contributed by atoms with van der Waals surface area (Å²) < 4.78 is 6.10. The number of hydrogen-bond acceptors (Lipinski definition) is 8. The predicted octanol–water partition coefficient (Wildman–Crippen LogP) is 5.48. The Morgan fingerprint density at radius 3 is 2.38 bits per heavy atom. The molecule has 2 aromatic carbocycles. The number of nitro benzene ring substituents is 2. The Morgan fingerprint density at radius 1 is 1.03 bits per heavy atom. The molecular formula is C21H13N3O6S2. The number of nitro groups is 2. The van der Waals surface area contributed by atoms with Crippen LogP contribution in [0, 0.1) is 27.2 Å². The van der Waals surface area contributed by atoms with Crippen molar-refractivity contribution in [3.05, 3.63) is 91.1 Å². The summed E-state index contributed by atoms with van der Waals surface area (Å²) in [6, 6.07) is 13.6. The Balaban J connectivity index is 1.57. The topological polar surface area (TPSA) is 120 Å². The fourth-order valence-corrected chi connectivity index (χ4v) is 4.42. The summed E-state index contributed by atoms with van der Waals surface area (Å²) >= 11 is 6.41. The highest BCUT2D eigenvalue weighted by molar-refractivity contribution is 8.27. The molecule has 0 saturated carbocycles. The quantitative estimate of drug-likeness (QED) is 0.209. The van der Waals surface area contributed by atoms with Crippen molar-refractivity contribution in [2.45, 2.75) is 6.92 Å². The zero-order valence-electron chi connectivity index (χ0n) is 16.4. The van der Waals surface area contributed by atoms with Crippen LogP contribution in [0.3, 0.4) is 0 Å². The molecule has 2 heterocycles. The number of furan rings is 1. The molecule has 0 aliphatic carbocycles. The highest BCUT2D eigenvalue weighted by Crippen LogP contribution is 2.37. The van der Waals surface area contributed by atoms with Gasteiger partial charge in [0, 0.05) is 35.4 Å². The number of rotatable bonds is 5. The number of aryl methyl sites for hydroxylation is 1. The standard InChI is InChI=1S/C21H13N3O6S2/c1-12-10-13(2-8-17(12)24(28)29)18-9-7-16(30-18)11-19-20(25)22(21(31)32-19)14-3-5-15(6-4-14)23(26)27/h2-11H,1H3. The molecule has 1 aliphatic rings. The second kappa shape index (κ2) is 8.36. The predicted molar refractivity (Wildman–Crippen MR) is 124 cm³/mol. The summed E-state index contributed by atoms with van der Waals surface area (Å²) in [4.78, 5) is 35.4. The molecule has 0 bridgehead atoms. The Kier molecular flexibility index (Phi) is 5.59. The van der Waals surface area contributed by atoms with Gasteiger partial charge in [0.05, 0.1) is 20.4 Å². The van der Waals surface area contributed by atoms with Crippen LogP contribution in [0.5, 0.6) is 0 Å². The Hall–Kier alpha value is -3.83. The van der Waals surface area contributed by atoms with Crippen LogP contribution in [0.2, 0.25) is 0 Å². The number of benzene rings is 2. The minimum atomic E-state index is -0.519. The maximum Gasteiger partial charge on any atom is 0.272 e. The molecule has 9 nitrogen and oxygen atoms in total. The van der Waals surface area contributed by atoms with Gasteiger partial charge in [-0.05, 0) is 43.3 Å². The largest absolute Gasteiger partial charge is 0.457 e. The van der Waals surface area contributed by atoms with Crippen molar-refractivity contribution in [1.82, 2.24) is 0 Å². The van der Waals surface area contributed by atoms with Gasteiger partial charge in [0.15, 0.2) is 4.32 Å². The van der Waals surface area contributed by atoms with Gasteiger partial charge in [-0.2, -0.15) is 0 Å². The molecule has 1 fully saturated rings. The van der Waals surface area contributed by atoms with E-state index in [1.165, 1.54) is 35.2 Å². The minimum absolute atomic E-state index is 0.0236. The number of carbonyl (C=O) groups is 1. The SMILES string of the molecule is Cc1cc(-c2ccc(C=C3SC(=S)N(c4ccc([N+](=O)[O-])cc4)C3=O)o2)ccc1[N+](=O)[O-]. The molecule has 160 valence electrons. The molecule has 1 amide bonds. The maximum absolute atomic E-state index is 12.9. The number of carbonyl (C=O) groups excluding carboxylic acids is 1. The van der Waals surface area contributed by atoms with Crippen LogP contribution in [-0.2, 0) is 4.79 Å². The first-order valence-corrected chi connectivity index (χ1v) is 10.3.